The number of hydrogen-bond donors (Lipinski definition) is 1. The van der Waals surface area contributed by atoms with Gasteiger partial charge in [0.15, 0.2) is 0 Å². The van der Waals surface area contributed by atoms with Crippen LogP contribution in [-0.4, -0.2) is 7.05 Å². The second-order valence-corrected chi connectivity index (χ2v) is 5.95. The van der Waals surface area contributed by atoms with Gasteiger partial charge >= 0.3 is 0 Å². The van der Waals surface area contributed by atoms with E-state index in [4.69, 9.17) is 5.73 Å². The molecule has 0 aliphatic heterocycles. The van der Waals surface area contributed by atoms with Crippen molar-refractivity contribution in [2.45, 2.75) is 6.54 Å². The number of hydrogen-bond acceptors (Lipinski definition) is 3. The van der Waals surface area contributed by atoms with Crippen molar-refractivity contribution < 1.29 is 0 Å². The Hall–Kier alpha value is -0.840. The molecule has 0 saturated heterocycles. The van der Waals surface area contributed by atoms with Crippen LogP contribution >= 0.6 is 27.3 Å². The minimum Gasteiger partial charge on any atom is -0.336 e. The third-order valence-corrected chi connectivity index (χ3v) is 4.12. The lowest BCUT2D eigenvalue weighted by atomic mass is 10.2. The minimum absolute atomic E-state index is 0.579. The van der Waals surface area contributed by atoms with Gasteiger partial charge in [0.2, 0.25) is 0 Å². The molecule has 0 saturated carbocycles. The first-order valence-corrected chi connectivity index (χ1v) is 6.60. The first-order chi connectivity index (χ1) is 7.70. The first-order valence-electron chi connectivity index (χ1n) is 4.99. The maximum Gasteiger partial charge on any atom is 0.0962 e. The highest BCUT2D eigenvalue weighted by Gasteiger charge is 2.06. The van der Waals surface area contributed by atoms with E-state index in [0.29, 0.717) is 6.54 Å². The summed E-state index contributed by atoms with van der Waals surface area (Å²) in [6.07, 6.45) is 0. The Morgan fingerprint density at radius 1 is 1.31 bits per heavy atom. The summed E-state index contributed by atoms with van der Waals surface area (Å²) < 4.78 is 1.14. The molecule has 0 atom stereocenters. The van der Waals surface area contributed by atoms with Gasteiger partial charge in [-0.1, -0.05) is 12.1 Å². The molecule has 1 aromatic carbocycles. The van der Waals surface area contributed by atoms with Gasteiger partial charge in [0.05, 0.1) is 8.79 Å². The van der Waals surface area contributed by atoms with Crippen molar-refractivity contribution in [2.24, 2.45) is 5.73 Å². The summed E-state index contributed by atoms with van der Waals surface area (Å²) in [6, 6.07) is 12.5. The average molecular weight is 297 g/mol. The van der Waals surface area contributed by atoms with Crippen LogP contribution in [0.5, 0.6) is 0 Å². The van der Waals surface area contributed by atoms with Crippen molar-refractivity contribution >= 4 is 38.0 Å². The number of rotatable bonds is 3. The van der Waals surface area contributed by atoms with Crippen LogP contribution in [0.2, 0.25) is 0 Å². The van der Waals surface area contributed by atoms with Gasteiger partial charge in [-0.3, -0.25) is 0 Å². The van der Waals surface area contributed by atoms with E-state index in [-0.39, 0.29) is 0 Å². The molecule has 1 aromatic heterocycles. The zero-order valence-electron chi connectivity index (χ0n) is 8.98. The van der Waals surface area contributed by atoms with Gasteiger partial charge in [0.1, 0.15) is 0 Å². The molecular formula is C12H13BrN2S. The summed E-state index contributed by atoms with van der Waals surface area (Å²) in [6.45, 7) is 0.579. The fourth-order valence-electron chi connectivity index (χ4n) is 1.50. The molecule has 4 heteroatoms. The normalized spacial score (nSPS) is 10.4. The van der Waals surface area contributed by atoms with Gasteiger partial charge in [0.25, 0.3) is 0 Å². The molecule has 0 bridgehead atoms. The van der Waals surface area contributed by atoms with Crippen LogP contribution in [0.25, 0.3) is 0 Å². The first kappa shape index (κ1) is 11.6. The van der Waals surface area contributed by atoms with Crippen LogP contribution in [0.1, 0.15) is 5.56 Å². The van der Waals surface area contributed by atoms with Gasteiger partial charge in [-0.15, -0.1) is 11.3 Å². The van der Waals surface area contributed by atoms with E-state index in [9.17, 15) is 0 Å². The zero-order chi connectivity index (χ0) is 11.5. The number of halogens is 1. The third-order valence-electron chi connectivity index (χ3n) is 2.42. The predicted octanol–water partition coefficient (Wildman–Crippen LogP) is 3.74. The lowest BCUT2D eigenvalue weighted by Gasteiger charge is -2.17. The third kappa shape index (κ3) is 2.45. The number of nitrogens with two attached hydrogens (primary N) is 1. The Balaban J connectivity index is 2.29. The van der Waals surface area contributed by atoms with Crippen molar-refractivity contribution in [2.75, 3.05) is 11.9 Å². The zero-order valence-corrected chi connectivity index (χ0v) is 11.4. The van der Waals surface area contributed by atoms with Crippen LogP contribution in [0, 0.1) is 0 Å². The maximum absolute atomic E-state index is 5.64. The quantitative estimate of drug-likeness (QED) is 0.935. The highest BCUT2D eigenvalue weighted by Crippen LogP contribution is 2.33. The Morgan fingerprint density at radius 2 is 2.12 bits per heavy atom. The molecule has 0 unspecified atom stereocenters. The van der Waals surface area contributed by atoms with Gasteiger partial charge in [-0.05, 0) is 45.8 Å². The van der Waals surface area contributed by atoms with E-state index >= 15 is 0 Å². The summed E-state index contributed by atoms with van der Waals surface area (Å²) in [4.78, 5) is 2.16. The lowest BCUT2D eigenvalue weighted by Crippen LogP contribution is -2.08. The lowest BCUT2D eigenvalue weighted by molar-refractivity contribution is 1.07. The van der Waals surface area contributed by atoms with Crippen LogP contribution in [0.3, 0.4) is 0 Å². The molecule has 0 amide bonds. The summed E-state index contributed by atoms with van der Waals surface area (Å²) in [5.41, 5.74) is 7.96. The molecule has 16 heavy (non-hydrogen) atoms. The number of benzene rings is 1. The van der Waals surface area contributed by atoms with Crippen molar-refractivity contribution in [1.29, 1.82) is 0 Å². The monoisotopic (exact) mass is 296 g/mol. The second-order valence-electron chi connectivity index (χ2n) is 3.51. The largest absolute Gasteiger partial charge is 0.336 e. The van der Waals surface area contributed by atoms with Crippen LogP contribution in [0.15, 0.2) is 40.2 Å². The number of thiophene rings is 1. The smallest absolute Gasteiger partial charge is 0.0962 e. The van der Waals surface area contributed by atoms with Crippen LogP contribution in [0.4, 0.5) is 10.7 Å². The average Bonchev–Trinajstić information content (AvgIpc) is 2.75. The Labute approximate surface area is 108 Å². The van der Waals surface area contributed by atoms with E-state index in [2.05, 4.69) is 52.1 Å². The van der Waals surface area contributed by atoms with Crippen molar-refractivity contribution in [3.05, 3.63) is 45.7 Å². The summed E-state index contributed by atoms with van der Waals surface area (Å²) in [5.74, 6) is 0. The Kier molecular flexibility index (Phi) is 3.63. The van der Waals surface area contributed by atoms with Crippen LogP contribution < -0.4 is 10.6 Å². The molecule has 2 N–H and O–H groups in total. The van der Waals surface area contributed by atoms with Crippen molar-refractivity contribution in [3.63, 3.8) is 0 Å². The molecule has 0 aliphatic carbocycles. The van der Waals surface area contributed by atoms with Gasteiger partial charge in [-0.2, -0.15) is 0 Å². The SMILES string of the molecule is CN(c1cccc(CN)c1)c1ccc(Br)s1. The summed E-state index contributed by atoms with van der Waals surface area (Å²) in [7, 11) is 2.06. The molecular weight excluding hydrogens is 284 g/mol. The van der Waals surface area contributed by atoms with E-state index in [1.165, 1.54) is 5.00 Å². The van der Waals surface area contributed by atoms with E-state index in [1.54, 1.807) is 11.3 Å². The van der Waals surface area contributed by atoms with Gasteiger partial charge < -0.3 is 10.6 Å². The Bertz CT molecular complexity index is 481. The van der Waals surface area contributed by atoms with Gasteiger partial charge in [0, 0.05) is 19.3 Å². The molecule has 2 rings (SSSR count). The number of nitrogens with zero attached hydrogens (tertiary/aromatic N) is 1. The topological polar surface area (TPSA) is 29.3 Å². The highest BCUT2D eigenvalue weighted by atomic mass is 79.9. The summed E-state index contributed by atoms with van der Waals surface area (Å²) in [5, 5.41) is 1.21. The maximum atomic E-state index is 5.64. The fourth-order valence-corrected chi connectivity index (χ4v) is 2.85. The minimum atomic E-state index is 0.579. The van der Waals surface area contributed by atoms with E-state index in [0.717, 1.165) is 15.0 Å². The molecule has 84 valence electrons. The molecule has 1 heterocycles. The molecule has 2 aromatic rings. The molecule has 0 aliphatic rings. The van der Waals surface area contributed by atoms with E-state index in [1.807, 2.05) is 12.1 Å². The number of anilines is 2. The predicted molar refractivity (Wildman–Crippen MR) is 74.4 cm³/mol. The standard InChI is InChI=1S/C12H13BrN2S/c1-15(12-6-5-11(13)16-12)10-4-2-3-9(7-10)8-14/h2-7H,8,14H2,1H3. The molecule has 2 nitrogen and oxygen atoms in total. The van der Waals surface area contributed by atoms with Crippen molar-refractivity contribution in [1.82, 2.24) is 0 Å². The van der Waals surface area contributed by atoms with Crippen molar-refractivity contribution in [3.8, 4) is 0 Å². The van der Waals surface area contributed by atoms with E-state index < -0.39 is 0 Å². The highest BCUT2D eigenvalue weighted by molar-refractivity contribution is 9.11. The molecule has 0 fully saturated rings. The fraction of sp³-hybridized carbons (Fsp3) is 0.167. The second kappa shape index (κ2) is 4.99. The Morgan fingerprint density at radius 3 is 2.75 bits per heavy atom. The molecule has 0 spiro atoms. The summed E-state index contributed by atoms with van der Waals surface area (Å²) >= 11 is 5.19. The molecule has 0 radical (unpaired) electrons. The van der Waals surface area contributed by atoms with Gasteiger partial charge in [-0.25, -0.2) is 0 Å². The van der Waals surface area contributed by atoms with Crippen LogP contribution in [-0.2, 0) is 6.54 Å².